The number of rotatable bonds is 7. The lowest BCUT2D eigenvalue weighted by molar-refractivity contribution is -0.137. The maximum atomic E-state index is 14.2. The summed E-state index contributed by atoms with van der Waals surface area (Å²) in [4.78, 5) is 27.7. The fourth-order valence-electron chi connectivity index (χ4n) is 3.57. The van der Waals surface area contributed by atoms with Gasteiger partial charge in [-0.1, -0.05) is 48.0 Å². The first-order chi connectivity index (χ1) is 15.5. The molecule has 3 aromatic rings. The van der Waals surface area contributed by atoms with Crippen LogP contribution in [0.1, 0.15) is 23.6 Å². The van der Waals surface area contributed by atoms with Gasteiger partial charge in [0.25, 0.3) is 11.8 Å². The first kappa shape index (κ1) is 21.3. The second kappa shape index (κ2) is 9.06. The van der Waals surface area contributed by atoms with Crippen LogP contribution in [0.5, 0.6) is 5.75 Å². The summed E-state index contributed by atoms with van der Waals surface area (Å²) in [6.45, 7) is 4.23. The zero-order chi connectivity index (χ0) is 22.7. The fraction of sp³-hybridized carbons (Fsp3) is 0.154. The Bertz CT molecular complexity index is 1180. The maximum absolute atomic E-state index is 14.2. The van der Waals surface area contributed by atoms with Gasteiger partial charge < -0.3 is 10.1 Å². The van der Waals surface area contributed by atoms with Gasteiger partial charge in [0.2, 0.25) is 0 Å². The lowest BCUT2D eigenvalue weighted by Crippen LogP contribution is -2.32. The Kier molecular flexibility index (Phi) is 6.03. The summed E-state index contributed by atoms with van der Waals surface area (Å²) in [5, 5.41) is 3.11. The molecular formula is C26H23FN2O3. The highest BCUT2D eigenvalue weighted by Gasteiger charge is 2.39. The Balaban J connectivity index is 1.73. The van der Waals surface area contributed by atoms with Crippen molar-refractivity contribution in [3.8, 4) is 5.75 Å². The van der Waals surface area contributed by atoms with E-state index < -0.39 is 17.6 Å². The molecule has 1 aliphatic heterocycles. The van der Waals surface area contributed by atoms with Gasteiger partial charge in [0.15, 0.2) is 0 Å². The van der Waals surface area contributed by atoms with Gasteiger partial charge >= 0.3 is 0 Å². The van der Waals surface area contributed by atoms with Crippen molar-refractivity contribution in [1.82, 2.24) is 4.90 Å². The zero-order valence-corrected chi connectivity index (χ0v) is 17.9. The molecule has 1 aliphatic rings. The second-order valence-electron chi connectivity index (χ2n) is 7.49. The minimum Gasteiger partial charge on any atom is -0.494 e. The van der Waals surface area contributed by atoms with Gasteiger partial charge in [-0.15, -0.1) is 0 Å². The van der Waals surface area contributed by atoms with Gasteiger partial charge in [0, 0.05) is 11.3 Å². The highest BCUT2D eigenvalue weighted by atomic mass is 19.1. The molecule has 3 aromatic carbocycles. The highest BCUT2D eigenvalue weighted by Crippen LogP contribution is 2.32. The third kappa shape index (κ3) is 4.25. The van der Waals surface area contributed by atoms with Gasteiger partial charge in [-0.2, -0.15) is 0 Å². The number of ether oxygens (including phenoxy) is 1. The Labute approximate surface area is 186 Å². The molecule has 0 aromatic heterocycles. The normalized spacial score (nSPS) is 13.7. The average molecular weight is 430 g/mol. The van der Waals surface area contributed by atoms with Crippen molar-refractivity contribution in [2.75, 3.05) is 11.9 Å². The van der Waals surface area contributed by atoms with Gasteiger partial charge in [-0.25, -0.2) is 4.39 Å². The van der Waals surface area contributed by atoms with E-state index in [-0.39, 0.29) is 23.4 Å². The molecule has 0 aliphatic carbocycles. The van der Waals surface area contributed by atoms with Crippen LogP contribution in [0.3, 0.4) is 0 Å². The lowest BCUT2D eigenvalue weighted by Gasteiger charge is -2.16. The smallest absolute Gasteiger partial charge is 0.278 e. The van der Waals surface area contributed by atoms with Crippen LogP contribution in [0.2, 0.25) is 0 Å². The monoisotopic (exact) mass is 430 g/mol. The van der Waals surface area contributed by atoms with Crippen LogP contribution in [0.25, 0.3) is 5.57 Å². The van der Waals surface area contributed by atoms with E-state index in [1.165, 1.54) is 6.07 Å². The van der Waals surface area contributed by atoms with Gasteiger partial charge in [-0.05, 0) is 49.7 Å². The molecule has 0 fully saturated rings. The molecule has 0 radical (unpaired) electrons. The molecule has 0 spiro atoms. The third-order valence-electron chi connectivity index (χ3n) is 5.23. The van der Waals surface area contributed by atoms with Crippen LogP contribution in [0.4, 0.5) is 10.1 Å². The molecule has 5 nitrogen and oxygen atoms in total. The van der Waals surface area contributed by atoms with Gasteiger partial charge in [-0.3, -0.25) is 14.5 Å². The van der Waals surface area contributed by atoms with Crippen molar-refractivity contribution in [3.05, 3.63) is 101 Å². The number of imide groups is 1. The SMILES string of the molecule is CCOc1ccc(C2=C(Nc3ccc(C)cc3)C(=O)N(Cc3ccccc3F)C2=O)cc1. The topological polar surface area (TPSA) is 58.6 Å². The summed E-state index contributed by atoms with van der Waals surface area (Å²) >= 11 is 0. The molecule has 0 saturated carbocycles. The zero-order valence-electron chi connectivity index (χ0n) is 17.9. The largest absolute Gasteiger partial charge is 0.494 e. The lowest BCUT2D eigenvalue weighted by atomic mass is 10.0. The summed E-state index contributed by atoms with van der Waals surface area (Å²) < 4.78 is 19.7. The first-order valence-electron chi connectivity index (χ1n) is 10.4. The standard InChI is InChI=1S/C26H23FN2O3/c1-3-32-21-14-10-18(11-15-21)23-24(28-20-12-8-17(2)9-13-20)26(31)29(25(23)30)16-19-6-4-5-7-22(19)27/h4-15,28H,3,16H2,1-2H3. The molecule has 2 amide bonds. The van der Waals surface area contributed by atoms with Crippen LogP contribution >= 0.6 is 0 Å². The molecular weight excluding hydrogens is 407 g/mol. The van der Waals surface area contributed by atoms with Crippen LogP contribution in [-0.2, 0) is 16.1 Å². The molecule has 4 rings (SSSR count). The van der Waals surface area contributed by atoms with E-state index in [1.54, 1.807) is 42.5 Å². The maximum Gasteiger partial charge on any atom is 0.278 e. The number of nitrogens with one attached hydrogen (secondary N) is 1. The Morgan fingerprint density at radius 2 is 1.59 bits per heavy atom. The van der Waals surface area contributed by atoms with Crippen LogP contribution in [-0.4, -0.2) is 23.3 Å². The molecule has 6 heteroatoms. The number of hydrogen-bond acceptors (Lipinski definition) is 4. The van der Waals surface area contributed by atoms with E-state index in [4.69, 9.17) is 4.74 Å². The van der Waals surface area contributed by atoms with Gasteiger partial charge in [0.1, 0.15) is 17.3 Å². The van der Waals surface area contributed by atoms with E-state index in [0.29, 0.717) is 23.6 Å². The van der Waals surface area contributed by atoms with Crippen LogP contribution < -0.4 is 10.1 Å². The summed E-state index contributed by atoms with van der Waals surface area (Å²) in [6, 6.07) is 20.6. The summed E-state index contributed by atoms with van der Waals surface area (Å²) in [5.41, 5.74) is 3.03. The number of amides is 2. The van der Waals surface area contributed by atoms with Crippen molar-refractivity contribution < 1.29 is 18.7 Å². The molecule has 0 bridgehead atoms. The number of benzene rings is 3. The Hall–Kier alpha value is -3.93. The Morgan fingerprint density at radius 3 is 2.25 bits per heavy atom. The minimum absolute atomic E-state index is 0.149. The van der Waals surface area contributed by atoms with Crippen molar-refractivity contribution in [1.29, 1.82) is 0 Å². The molecule has 0 saturated heterocycles. The number of anilines is 1. The van der Waals surface area contributed by atoms with Crippen LogP contribution in [0.15, 0.2) is 78.5 Å². The molecule has 162 valence electrons. The summed E-state index contributed by atoms with van der Waals surface area (Å²) in [6.07, 6.45) is 0. The predicted octanol–water partition coefficient (Wildman–Crippen LogP) is 4.93. The van der Waals surface area contributed by atoms with Gasteiger partial charge in [0.05, 0.1) is 18.7 Å². The number of aryl methyl sites for hydroxylation is 1. The number of carbonyl (C=O) groups excluding carboxylic acids is 2. The average Bonchev–Trinajstić information content (AvgIpc) is 3.02. The van der Waals surface area contributed by atoms with E-state index in [9.17, 15) is 14.0 Å². The van der Waals surface area contributed by atoms with Crippen molar-refractivity contribution in [3.63, 3.8) is 0 Å². The number of halogens is 1. The van der Waals surface area contributed by atoms with Crippen molar-refractivity contribution in [2.45, 2.75) is 20.4 Å². The third-order valence-corrected chi connectivity index (χ3v) is 5.23. The number of hydrogen-bond donors (Lipinski definition) is 1. The molecule has 1 heterocycles. The minimum atomic E-state index is -0.497. The summed E-state index contributed by atoms with van der Waals surface area (Å²) in [5.74, 6) is -0.764. The molecule has 0 unspecified atom stereocenters. The second-order valence-corrected chi connectivity index (χ2v) is 7.49. The van der Waals surface area contributed by atoms with E-state index in [0.717, 1.165) is 10.5 Å². The van der Waals surface area contributed by atoms with Crippen molar-refractivity contribution >= 4 is 23.1 Å². The quantitative estimate of drug-likeness (QED) is 0.541. The van der Waals surface area contributed by atoms with Crippen molar-refractivity contribution in [2.24, 2.45) is 0 Å². The Morgan fingerprint density at radius 1 is 0.906 bits per heavy atom. The first-order valence-corrected chi connectivity index (χ1v) is 10.4. The molecule has 0 atom stereocenters. The molecule has 1 N–H and O–H groups in total. The molecule has 32 heavy (non-hydrogen) atoms. The van der Waals surface area contributed by atoms with E-state index in [1.807, 2.05) is 38.1 Å². The van der Waals surface area contributed by atoms with E-state index >= 15 is 0 Å². The number of nitrogens with zero attached hydrogens (tertiary/aromatic N) is 1. The highest BCUT2D eigenvalue weighted by molar-refractivity contribution is 6.36. The predicted molar refractivity (Wildman–Crippen MR) is 121 cm³/mol. The van der Waals surface area contributed by atoms with Crippen LogP contribution in [0, 0.1) is 12.7 Å². The number of carbonyl (C=O) groups is 2. The fourth-order valence-corrected chi connectivity index (χ4v) is 3.57. The van der Waals surface area contributed by atoms with E-state index in [2.05, 4.69) is 5.32 Å². The summed E-state index contributed by atoms with van der Waals surface area (Å²) in [7, 11) is 0.